The van der Waals surface area contributed by atoms with Crippen LogP contribution < -0.4 is 15.4 Å². The van der Waals surface area contributed by atoms with Crippen LogP contribution in [-0.2, 0) is 14.3 Å². The highest BCUT2D eigenvalue weighted by Crippen LogP contribution is 2.36. The van der Waals surface area contributed by atoms with Crippen molar-refractivity contribution >= 4 is 17.5 Å². The van der Waals surface area contributed by atoms with Crippen LogP contribution >= 0.6 is 0 Å². The highest BCUT2D eigenvalue weighted by atomic mass is 16.5. The second-order valence-electron chi connectivity index (χ2n) is 4.81. The van der Waals surface area contributed by atoms with Gasteiger partial charge in [-0.05, 0) is 25.0 Å². The second-order valence-corrected chi connectivity index (χ2v) is 4.81. The molecule has 2 unspecified atom stereocenters. The number of amides is 2. The molecule has 2 aliphatic heterocycles. The number of rotatable bonds is 4. The Morgan fingerprint density at radius 3 is 2.50 bits per heavy atom. The van der Waals surface area contributed by atoms with Crippen LogP contribution in [0.3, 0.4) is 0 Å². The summed E-state index contributed by atoms with van der Waals surface area (Å²) in [6, 6.07) is 6.98. The van der Waals surface area contributed by atoms with Crippen molar-refractivity contribution in [1.29, 1.82) is 0 Å². The molecule has 2 amide bonds. The van der Waals surface area contributed by atoms with Gasteiger partial charge in [0.2, 0.25) is 0 Å². The maximum atomic E-state index is 12.3. The van der Waals surface area contributed by atoms with Crippen molar-refractivity contribution in [3.8, 4) is 5.75 Å². The molecular weight excluding hydrogens is 260 g/mol. The van der Waals surface area contributed by atoms with E-state index in [0.29, 0.717) is 37.4 Å². The predicted octanol–water partition coefficient (Wildman–Crippen LogP) is 0.445. The smallest absolute Gasteiger partial charge is 0.263 e. The molecule has 0 aliphatic carbocycles. The van der Waals surface area contributed by atoms with Crippen LogP contribution in [0, 0.1) is 0 Å². The lowest BCUT2D eigenvalue weighted by atomic mass is 10.2. The number of fused-ring (bicyclic) bond motifs is 2. The lowest BCUT2D eigenvalue weighted by Gasteiger charge is -2.30. The quantitative estimate of drug-likeness (QED) is 0.807. The number of anilines is 1. The first kappa shape index (κ1) is 13.1. The standard InChI is InChI=1S/C14H16N2O4/c15-7-8-19-10-4-2-1-3-9(10)16-13(17)11-5-6-12(20-11)14(16)18/h1-4,11-12H,5-8,15H2. The van der Waals surface area contributed by atoms with E-state index in [0.717, 1.165) is 0 Å². The van der Waals surface area contributed by atoms with Crippen LogP contribution in [0.5, 0.6) is 5.75 Å². The predicted molar refractivity (Wildman–Crippen MR) is 71.4 cm³/mol. The first-order valence-corrected chi connectivity index (χ1v) is 6.67. The minimum absolute atomic E-state index is 0.312. The zero-order valence-electron chi connectivity index (χ0n) is 11.0. The summed E-state index contributed by atoms with van der Waals surface area (Å²) in [7, 11) is 0. The van der Waals surface area contributed by atoms with Crippen molar-refractivity contribution in [2.75, 3.05) is 18.1 Å². The average Bonchev–Trinajstić information content (AvgIpc) is 2.91. The van der Waals surface area contributed by atoms with Gasteiger partial charge in [-0.15, -0.1) is 0 Å². The Labute approximate surface area is 116 Å². The Balaban J connectivity index is 1.95. The van der Waals surface area contributed by atoms with Crippen LogP contribution in [0.15, 0.2) is 24.3 Å². The molecule has 2 N–H and O–H groups in total. The summed E-state index contributed by atoms with van der Waals surface area (Å²) in [6.45, 7) is 0.696. The number of hydrogen-bond donors (Lipinski definition) is 1. The van der Waals surface area contributed by atoms with Crippen LogP contribution in [0.1, 0.15) is 12.8 Å². The van der Waals surface area contributed by atoms with Crippen molar-refractivity contribution in [3.05, 3.63) is 24.3 Å². The maximum Gasteiger partial charge on any atom is 0.263 e. The molecule has 6 heteroatoms. The fraction of sp³-hybridized carbons (Fsp3) is 0.429. The molecule has 0 saturated carbocycles. The third kappa shape index (κ3) is 2.07. The molecule has 2 fully saturated rings. The Morgan fingerprint density at radius 1 is 1.20 bits per heavy atom. The van der Waals surface area contributed by atoms with Gasteiger partial charge in [0.1, 0.15) is 24.6 Å². The van der Waals surface area contributed by atoms with Gasteiger partial charge < -0.3 is 15.2 Å². The van der Waals surface area contributed by atoms with Crippen LogP contribution in [0.4, 0.5) is 5.69 Å². The minimum Gasteiger partial charge on any atom is -0.490 e. The number of morpholine rings is 1. The SMILES string of the molecule is NCCOc1ccccc1N1C(=O)C2CCC(O2)C1=O. The van der Waals surface area contributed by atoms with Gasteiger partial charge in [-0.2, -0.15) is 0 Å². The summed E-state index contributed by atoms with van der Waals surface area (Å²) >= 11 is 0. The minimum atomic E-state index is -0.514. The lowest BCUT2D eigenvalue weighted by molar-refractivity contribution is -0.146. The molecule has 0 radical (unpaired) electrons. The average molecular weight is 276 g/mol. The van der Waals surface area contributed by atoms with Gasteiger partial charge >= 0.3 is 0 Å². The summed E-state index contributed by atoms with van der Waals surface area (Å²) < 4.78 is 10.9. The number of imide groups is 1. The van der Waals surface area contributed by atoms with E-state index in [2.05, 4.69) is 0 Å². The monoisotopic (exact) mass is 276 g/mol. The number of nitrogens with two attached hydrogens (primary N) is 1. The number of benzene rings is 1. The Morgan fingerprint density at radius 2 is 1.85 bits per heavy atom. The highest BCUT2D eigenvalue weighted by molar-refractivity contribution is 6.20. The van der Waals surface area contributed by atoms with E-state index in [9.17, 15) is 9.59 Å². The van der Waals surface area contributed by atoms with Crippen LogP contribution in [-0.4, -0.2) is 37.2 Å². The Kier molecular flexibility index (Phi) is 3.42. The van der Waals surface area contributed by atoms with Gasteiger partial charge in [0.05, 0.1) is 5.69 Å². The van der Waals surface area contributed by atoms with Gasteiger partial charge in [-0.3, -0.25) is 9.59 Å². The van der Waals surface area contributed by atoms with Crippen molar-refractivity contribution in [1.82, 2.24) is 0 Å². The lowest BCUT2D eigenvalue weighted by Crippen LogP contribution is -2.52. The van der Waals surface area contributed by atoms with Crippen molar-refractivity contribution in [3.63, 3.8) is 0 Å². The molecule has 2 saturated heterocycles. The third-order valence-electron chi connectivity index (χ3n) is 3.49. The van der Waals surface area contributed by atoms with Gasteiger partial charge in [-0.1, -0.05) is 12.1 Å². The molecule has 3 rings (SSSR count). The van der Waals surface area contributed by atoms with E-state index in [4.69, 9.17) is 15.2 Å². The summed E-state index contributed by atoms with van der Waals surface area (Å²) in [5.74, 6) is -0.138. The number of ether oxygens (including phenoxy) is 2. The van der Waals surface area contributed by atoms with E-state index in [1.807, 2.05) is 0 Å². The number of para-hydroxylation sites is 2. The molecule has 1 aromatic rings. The van der Waals surface area contributed by atoms with Crippen molar-refractivity contribution in [2.45, 2.75) is 25.0 Å². The maximum absolute atomic E-state index is 12.3. The summed E-state index contributed by atoms with van der Waals surface area (Å²) in [6.07, 6.45) is 0.162. The largest absolute Gasteiger partial charge is 0.490 e. The van der Waals surface area contributed by atoms with E-state index in [1.54, 1.807) is 24.3 Å². The topological polar surface area (TPSA) is 81.9 Å². The zero-order chi connectivity index (χ0) is 14.1. The van der Waals surface area contributed by atoms with E-state index < -0.39 is 12.2 Å². The fourth-order valence-corrected chi connectivity index (χ4v) is 2.57. The number of carbonyl (C=O) groups is 2. The molecule has 1 aromatic carbocycles. The summed E-state index contributed by atoms with van der Waals surface area (Å²) in [4.78, 5) is 25.8. The van der Waals surface area contributed by atoms with Gasteiger partial charge in [0, 0.05) is 6.54 Å². The molecule has 0 spiro atoms. The Bertz CT molecular complexity index is 524. The van der Waals surface area contributed by atoms with E-state index in [-0.39, 0.29) is 11.8 Å². The zero-order valence-corrected chi connectivity index (χ0v) is 11.0. The molecule has 2 atom stereocenters. The molecule has 2 aliphatic rings. The molecule has 2 heterocycles. The fourth-order valence-electron chi connectivity index (χ4n) is 2.57. The first-order valence-electron chi connectivity index (χ1n) is 6.67. The molecule has 6 nitrogen and oxygen atoms in total. The van der Waals surface area contributed by atoms with Gasteiger partial charge in [0.25, 0.3) is 11.8 Å². The highest BCUT2D eigenvalue weighted by Gasteiger charge is 2.47. The van der Waals surface area contributed by atoms with Crippen molar-refractivity contribution < 1.29 is 19.1 Å². The second kappa shape index (κ2) is 5.22. The molecule has 20 heavy (non-hydrogen) atoms. The van der Waals surface area contributed by atoms with Crippen LogP contribution in [0.2, 0.25) is 0 Å². The molecule has 106 valence electrons. The summed E-state index contributed by atoms with van der Waals surface area (Å²) in [5.41, 5.74) is 5.89. The molecule has 0 aromatic heterocycles. The number of hydrogen-bond acceptors (Lipinski definition) is 5. The summed E-state index contributed by atoms with van der Waals surface area (Å²) in [5, 5.41) is 0. The number of carbonyl (C=O) groups excluding carboxylic acids is 2. The third-order valence-corrected chi connectivity index (χ3v) is 3.49. The normalized spacial score (nSPS) is 25.1. The van der Waals surface area contributed by atoms with Crippen LogP contribution in [0.25, 0.3) is 0 Å². The Hall–Kier alpha value is -1.92. The van der Waals surface area contributed by atoms with E-state index in [1.165, 1.54) is 4.90 Å². The van der Waals surface area contributed by atoms with Crippen molar-refractivity contribution in [2.24, 2.45) is 5.73 Å². The van der Waals surface area contributed by atoms with Gasteiger partial charge in [-0.25, -0.2) is 4.90 Å². The van der Waals surface area contributed by atoms with Gasteiger partial charge in [0.15, 0.2) is 0 Å². The molecular formula is C14H16N2O4. The first-order chi connectivity index (χ1) is 9.72. The molecule has 2 bridgehead atoms. The number of nitrogens with zero attached hydrogens (tertiary/aromatic N) is 1. The van der Waals surface area contributed by atoms with E-state index >= 15 is 0 Å².